The average molecular weight is 372 g/mol. The normalized spacial score (nSPS) is 21.7. The van der Waals surface area contributed by atoms with Gasteiger partial charge >= 0.3 is 6.18 Å². The Kier molecular flexibility index (Phi) is 4.99. The molecule has 3 rings (SSSR count). The van der Waals surface area contributed by atoms with Gasteiger partial charge in [0.25, 0.3) is 0 Å². The van der Waals surface area contributed by atoms with Crippen LogP contribution < -0.4 is 5.32 Å². The second-order valence-corrected chi connectivity index (χ2v) is 7.82. The summed E-state index contributed by atoms with van der Waals surface area (Å²) in [6, 6.07) is 3.28. The molecule has 0 aliphatic carbocycles. The van der Waals surface area contributed by atoms with Gasteiger partial charge in [-0.25, -0.2) is 0 Å². The fourth-order valence-electron chi connectivity index (χ4n) is 3.01. The first kappa shape index (κ1) is 18.1. The van der Waals surface area contributed by atoms with Crippen LogP contribution in [0.15, 0.2) is 23.1 Å². The number of piperidine rings is 1. The second kappa shape index (κ2) is 6.90. The average Bonchev–Trinajstić information content (AvgIpc) is 2.54. The molecule has 4 nitrogen and oxygen atoms in total. The first-order valence-electron chi connectivity index (χ1n) is 8.20. The molecule has 1 aromatic rings. The summed E-state index contributed by atoms with van der Waals surface area (Å²) in [5, 5.41) is 1.89. The number of thioether (sulfide) groups is 1. The van der Waals surface area contributed by atoms with Crippen molar-refractivity contribution in [2.75, 3.05) is 18.4 Å². The number of halogens is 3. The molecule has 0 spiro atoms. The number of hydrogen-bond acceptors (Lipinski definition) is 3. The number of amides is 2. The van der Waals surface area contributed by atoms with Crippen molar-refractivity contribution in [1.29, 1.82) is 0 Å². The number of carbonyl (C=O) groups is 2. The van der Waals surface area contributed by atoms with E-state index >= 15 is 0 Å². The molecule has 0 bridgehead atoms. The molecule has 0 radical (unpaired) electrons. The predicted octanol–water partition coefficient (Wildman–Crippen LogP) is 3.77. The Morgan fingerprint density at radius 1 is 1.32 bits per heavy atom. The molecule has 1 fully saturated rings. The zero-order valence-electron chi connectivity index (χ0n) is 13.7. The molecule has 1 aromatic carbocycles. The van der Waals surface area contributed by atoms with Gasteiger partial charge in [-0.3, -0.25) is 9.59 Å². The van der Waals surface area contributed by atoms with E-state index in [1.807, 2.05) is 0 Å². The van der Waals surface area contributed by atoms with Crippen LogP contribution in [0.1, 0.15) is 31.7 Å². The number of rotatable bonds is 2. The van der Waals surface area contributed by atoms with Crippen molar-refractivity contribution in [3.05, 3.63) is 23.8 Å². The number of nitrogens with one attached hydrogen (secondary N) is 1. The number of nitrogens with zero attached hydrogens (tertiary/aromatic N) is 1. The van der Waals surface area contributed by atoms with Gasteiger partial charge in [-0.1, -0.05) is 6.92 Å². The zero-order chi connectivity index (χ0) is 18.2. The minimum absolute atomic E-state index is 0.0609. The van der Waals surface area contributed by atoms with Crippen LogP contribution in [0.3, 0.4) is 0 Å². The fraction of sp³-hybridized carbons (Fsp3) is 0.529. The number of hydrogen-bond donors (Lipinski definition) is 1. The molecule has 0 unspecified atom stereocenters. The lowest BCUT2D eigenvalue weighted by molar-refractivity contribution is -0.137. The van der Waals surface area contributed by atoms with Crippen molar-refractivity contribution in [2.24, 2.45) is 5.92 Å². The van der Waals surface area contributed by atoms with E-state index < -0.39 is 22.9 Å². The van der Waals surface area contributed by atoms with Crippen LogP contribution in [0, 0.1) is 5.92 Å². The van der Waals surface area contributed by atoms with Crippen molar-refractivity contribution in [2.45, 2.75) is 42.5 Å². The molecule has 2 aliphatic rings. The minimum Gasteiger partial charge on any atom is -0.343 e. The Balaban J connectivity index is 1.67. The van der Waals surface area contributed by atoms with Gasteiger partial charge < -0.3 is 10.2 Å². The minimum atomic E-state index is -4.46. The van der Waals surface area contributed by atoms with Crippen molar-refractivity contribution in [1.82, 2.24) is 4.90 Å². The van der Waals surface area contributed by atoms with E-state index in [-0.39, 0.29) is 18.0 Å². The van der Waals surface area contributed by atoms with Crippen LogP contribution in [-0.2, 0) is 15.8 Å². The largest absolute Gasteiger partial charge is 0.416 e. The molecule has 0 saturated carbocycles. The lowest BCUT2D eigenvalue weighted by Gasteiger charge is -2.32. The quantitative estimate of drug-likeness (QED) is 0.860. The van der Waals surface area contributed by atoms with E-state index in [1.165, 1.54) is 6.07 Å². The molecule has 8 heteroatoms. The monoisotopic (exact) mass is 372 g/mol. The van der Waals surface area contributed by atoms with E-state index in [1.54, 1.807) is 4.90 Å². The first-order valence-corrected chi connectivity index (χ1v) is 9.08. The molecule has 1 N–H and O–H groups in total. The Bertz CT molecular complexity index is 685. The van der Waals surface area contributed by atoms with Crippen molar-refractivity contribution >= 4 is 29.3 Å². The summed E-state index contributed by atoms with van der Waals surface area (Å²) >= 11 is 1.15. The van der Waals surface area contributed by atoms with Crippen molar-refractivity contribution in [3.63, 3.8) is 0 Å². The third kappa shape index (κ3) is 4.11. The molecule has 1 saturated heterocycles. The molecule has 1 atom stereocenters. The maximum atomic E-state index is 12.8. The Morgan fingerprint density at radius 3 is 2.64 bits per heavy atom. The van der Waals surface area contributed by atoms with Gasteiger partial charge in [0, 0.05) is 24.4 Å². The molecule has 2 aliphatic heterocycles. The molecule has 2 heterocycles. The third-order valence-electron chi connectivity index (χ3n) is 4.62. The molecule has 2 amide bonds. The first-order chi connectivity index (χ1) is 11.7. The molecule has 136 valence electrons. The Labute approximate surface area is 148 Å². The Hall–Kier alpha value is -1.70. The highest BCUT2D eigenvalue weighted by Crippen LogP contribution is 2.40. The molecular formula is C17H19F3N2O2S. The molecular weight excluding hydrogens is 353 g/mol. The summed E-state index contributed by atoms with van der Waals surface area (Å²) in [5.74, 6) is 0.108. The fourth-order valence-corrected chi connectivity index (χ4v) is 4.09. The van der Waals surface area contributed by atoms with E-state index in [2.05, 4.69) is 12.2 Å². The van der Waals surface area contributed by atoms with Gasteiger partial charge in [0.2, 0.25) is 11.8 Å². The summed E-state index contributed by atoms with van der Waals surface area (Å²) in [6.45, 7) is 3.55. The lowest BCUT2D eigenvalue weighted by Crippen LogP contribution is -2.41. The summed E-state index contributed by atoms with van der Waals surface area (Å²) in [4.78, 5) is 26.9. The maximum Gasteiger partial charge on any atom is 0.416 e. The Morgan fingerprint density at radius 2 is 2.00 bits per heavy atom. The van der Waals surface area contributed by atoms with Crippen LogP contribution in [0.25, 0.3) is 0 Å². The summed E-state index contributed by atoms with van der Waals surface area (Å²) in [5.41, 5.74) is -0.649. The van der Waals surface area contributed by atoms with E-state index in [0.29, 0.717) is 23.9 Å². The van der Waals surface area contributed by atoms with Crippen molar-refractivity contribution < 1.29 is 22.8 Å². The maximum absolute atomic E-state index is 12.8. The summed E-state index contributed by atoms with van der Waals surface area (Å²) in [7, 11) is 0. The zero-order valence-corrected chi connectivity index (χ0v) is 14.5. The van der Waals surface area contributed by atoms with Gasteiger partial charge in [-0.2, -0.15) is 13.2 Å². The van der Waals surface area contributed by atoms with Gasteiger partial charge in [0.15, 0.2) is 0 Å². The highest BCUT2D eigenvalue weighted by Gasteiger charge is 2.35. The topological polar surface area (TPSA) is 49.4 Å². The van der Waals surface area contributed by atoms with Crippen LogP contribution in [0.2, 0.25) is 0 Å². The second-order valence-electron chi connectivity index (χ2n) is 6.57. The highest BCUT2D eigenvalue weighted by atomic mass is 32.2. The van der Waals surface area contributed by atoms with Crippen LogP contribution >= 0.6 is 11.8 Å². The molecule has 0 aromatic heterocycles. The van der Waals surface area contributed by atoms with Gasteiger partial charge in [0.05, 0.1) is 16.5 Å². The number of likely N-dealkylation sites (tertiary alicyclic amines) is 1. The van der Waals surface area contributed by atoms with Crippen molar-refractivity contribution in [3.8, 4) is 0 Å². The number of carbonyl (C=O) groups excluding carboxylic acids is 2. The van der Waals surface area contributed by atoms with E-state index in [9.17, 15) is 22.8 Å². The van der Waals surface area contributed by atoms with E-state index in [4.69, 9.17) is 0 Å². The lowest BCUT2D eigenvalue weighted by atomic mass is 9.99. The van der Waals surface area contributed by atoms with Gasteiger partial charge in [-0.15, -0.1) is 11.8 Å². The number of anilines is 1. The number of alkyl halides is 3. The number of benzene rings is 1. The standard InChI is InChI=1S/C17H19F3N2O2S/c1-10-4-6-22(7-5-10)15(23)9-14-16(24)21-12-8-11(17(18,19)20)2-3-13(12)25-14/h2-3,8,10,14H,4-7,9H2,1H3,(H,21,24)/t14-/m1/s1. The highest BCUT2D eigenvalue weighted by molar-refractivity contribution is 8.01. The van der Waals surface area contributed by atoms with Crippen LogP contribution in [0.5, 0.6) is 0 Å². The van der Waals surface area contributed by atoms with Gasteiger partial charge in [-0.05, 0) is 37.0 Å². The number of fused-ring (bicyclic) bond motifs is 1. The summed E-state index contributed by atoms with van der Waals surface area (Å²) in [6.07, 6.45) is -2.48. The smallest absolute Gasteiger partial charge is 0.343 e. The molecule has 25 heavy (non-hydrogen) atoms. The third-order valence-corrected chi connectivity index (χ3v) is 5.90. The van der Waals surface area contributed by atoms with E-state index in [0.717, 1.165) is 36.7 Å². The van der Waals surface area contributed by atoms with Crippen LogP contribution in [-0.4, -0.2) is 35.1 Å². The predicted molar refractivity (Wildman–Crippen MR) is 89.3 cm³/mol. The SMILES string of the molecule is CC1CCN(C(=O)C[C@H]2Sc3ccc(C(F)(F)F)cc3NC2=O)CC1. The van der Waals surface area contributed by atoms with Gasteiger partial charge in [0.1, 0.15) is 0 Å². The van der Waals surface area contributed by atoms with Crippen LogP contribution in [0.4, 0.5) is 18.9 Å². The summed E-state index contributed by atoms with van der Waals surface area (Å²) < 4.78 is 38.3.